The van der Waals surface area contributed by atoms with E-state index in [1.807, 2.05) is 4.68 Å². The molecule has 2 aliphatic rings. The lowest BCUT2D eigenvalue weighted by atomic mass is 9.87. The summed E-state index contributed by atoms with van der Waals surface area (Å²) in [4.78, 5) is 6.73. The first-order chi connectivity index (χ1) is 11.3. The smallest absolute Gasteiger partial charge is 0.137 e. The number of aromatic nitrogens is 3. The van der Waals surface area contributed by atoms with Crippen LogP contribution in [0.4, 0.5) is 0 Å². The van der Waals surface area contributed by atoms with Crippen LogP contribution < -0.4 is 5.32 Å². The highest BCUT2D eigenvalue weighted by atomic mass is 16.5. The van der Waals surface area contributed by atoms with Crippen LogP contribution in [0.2, 0.25) is 0 Å². The summed E-state index contributed by atoms with van der Waals surface area (Å²) in [5.74, 6) is 0. The van der Waals surface area contributed by atoms with E-state index in [2.05, 4.69) is 27.2 Å². The van der Waals surface area contributed by atoms with Gasteiger partial charge in [0.15, 0.2) is 0 Å². The highest BCUT2D eigenvalue weighted by molar-refractivity contribution is 4.95. The van der Waals surface area contributed by atoms with E-state index in [0.717, 1.165) is 39.4 Å². The molecule has 130 valence electrons. The predicted molar refractivity (Wildman–Crippen MR) is 90.3 cm³/mol. The van der Waals surface area contributed by atoms with Crippen LogP contribution in [0.5, 0.6) is 0 Å². The molecule has 1 atom stereocenters. The molecule has 1 N–H and O–H groups in total. The lowest BCUT2D eigenvalue weighted by Gasteiger charge is -2.46. The highest BCUT2D eigenvalue weighted by Crippen LogP contribution is 2.33. The van der Waals surface area contributed by atoms with Crippen LogP contribution in [-0.2, 0) is 11.3 Å². The van der Waals surface area contributed by atoms with E-state index in [4.69, 9.17) is 4.74 Å². The van der Waals surface area contributed by atoms with Crippen molar-refractivity contribution in [3.63, 3.8) is 0 Å². The second-order valence-corrected chi connectivity index (χ2v) is 7.14. The minimum atomic E-state index is 0.316. The minimum Gasteiger partial charge on any atom is -0.379 e. The van der Waals surface area contributed by atoms with E-state index in [1.54, 1.807) is 12.7 Å². The van der Waals surface area contributed by atoms with Gasteiger partial charge < -0.3 is 10.1 Å². The summed E-state index contributed by atoms with van der Waals surface area (Å²) < 4.78 is 7.49. The molecule has 0 amide bonds. The molecule has 6 heteroatoms. The van der Waals surface area contributed by atoms with E-state index < -0.39 is 0 Å². The maximum absolute atomic E-state index is 5.58. The molecule has 0 aromatic carbocycles. The Morgan fingerprint density at radius 2 is 1.91 bits per heavy atom. The van der Waals surface area contributed by atoms with Crippen LogP contribution in [0.15, 0.2) is 12.7 Å². The van der Waals surface area contributed by atoms with Crippen molar-refractivity contribution < 1.29 is 4.74 Å². The Labute approximate surface area is 139 Å². The van der Waals surface area contributed by atoms with E-state index in [0.29, 0.717) is 11.6 Å². The fourth-order valence-electron chi connectivity index (χ4n) is 4.07. The zero-order valence-electron chi connectivity index (χ0n) is 14.4. The first kappa shape index (κ1) is 16.9. The number of hydrogen-bond acceptors (Lipinski definition) is 5. The number of hydrogen-bond donors (Lipinski definition) is 1. The molecule has 1 aliphatic heterocycles. The molecule has 1 aromatic rings. The summed E-state index contributed by atoms with van der Waals surface area (Å²) in [7, 11) is 0. The monoisotopic (exact) mass is 321 g/mol. The zero-order valence-corrected chi connectivity index (χ0v) is 14.4. The van der Waals surface area contributed by atoms with Crippen LogP contribution in [0.1, 0.15) is 45.4 Å². The Kier molecular flexibility index (Phi) is 6.02. The Hall–Kier alpha value is -0.980. The lowest BCUT2D eigenvalue weighted by Crippen LogP contribution is -2.59. The maximum atomic E-state index is 5.58. The van der Waals surface area contributed by atoms with Gasteiger partial charge in [-0.2, -0.15) is 5.10 Å². The van der Waals surface area contributed by atoms with Gasteiger partial charge in [0.2, 0.25) is 0 Å². The van der Waals surface area contributed by atoms with Gasteiger partial charge in [0, 0.05) is 31.2 Å². The van der Waals surface area contributed by atoms with Crippen LogP contribution in [0.3, 0.4) is 0 Å². The number of nitrogens with zero attached hydrogens (tertiary/aromatic N) is 4. The molecule has 3 rings (SSSR count). The fraction of sp³-hybridized carbons (Fsp3) is 0.882. The quantitative estimate of drug-likeness (QED) is 0.808. The van der Waals surface area contributed by atoms with E-state index in [9.17, 15) is 0 Å². The molecule has 1 saturated carbocycles. The molecule has 23 heavy (non-hydrogen) atoms. The van der Waals surface area contributed by atoms with Crippen LogP contribution in [0, 0.1) is 0 Å². The van der Waals surface area contributed by atoms with Crippen molar-refractivity contribution in [1.29, 1.82) is 0 Å². The summed E-state index contributed by atoms with van der Waals surface area (Å²) in [6, 6.07) is 0.401. The number of morpholine rings is 1. The number of rotatable bonds is 6. The Morgan fingerprint density at radius 3 is 2.57 bits per heavy atom. The van der Waals surface area contributed by atoms with Crippen LogP contribution in [0.25, 0.3) is 0 Å². The van der Waals surface area contributed by atoms with Crippen molar-refractivity contribution >= 4 is 0 Å². The van der Waals surface area contributed by atoms with E-state index in [-0.39, 0.29) is 0 Å². The fourth-order valence-corrected chi connectivity index (χ4v) is 4.07. The Morgan fingerprint density at radius 1 is 1.17 bits per heavy atom. The Bertz CT molecular complexity index is 436. The standard InChI is InChI=1S/C17H31N5O/c1-16(12-22-15-18-14-20-22)19-13-17(6-4-2-3-5-7-17)21-8-10-23-11-9-21/h14-16,19H,2-13H2,1H3/t16-/m0/s1. The molecule has 0 bridgehead atoms. The SMILES string of the molecule is C[C@@H](Cn1cncn1)NCC1(N2CCOCC2)CCCCCC1. The second kappa shape index (κ2) is 8.22. The summed E-state index contributed by atoms with van der Waals surface area (Å²) >= 11 is 0. The zero-order chi connectivity index (χ0) is 16.0. The Balaban J connectivity index is 1.60. The van der Waals surface area contributed by atoms with Crippen molar-refractivity contribution in [2.45, 2.75) is 63.6 Å². The third-order valence-corrected chi connectivity index (χ3v) is 5.42. The molecule has 1 saturated heterocycles. The summed E-state index contributed by atoms with van der Waals surface area (Å²) in [6.45, 7) is 8.12. The molecule has 1 aliphatic carbocycles. The molecule has 1 aromatic heterocycles. The normalized spacial score (nSPS) is 24.2. The summed E-state index contributed by atoms with van der Waals surface area (Å²) in [5.41, 5.74) is 0.316. The van der Waals surface area contributed by atoms with Crippen LogP contribution in [-0.4, -0.2) is 64.1 Å². The molecular formula is C17H31N5O. The molecule has 0 unspecified atom stereocenters. The first-order valence-electron chi connectivity index (χ1n) is 9.17. The van der Waals surface area contributed by atoms with Gasteiger partial charge in [-0.15, -0.1) is 0 Å². The molecule has 0 spiro atoms. The predicted octanol–water partition coefficient (Wildman–Crippen LogP) is 1.68. The third kappa shape index (κ3) is 4.52. The van der Waals surface area contributed by atoms with Gasteiger partial charge in [-0.05, 0) is 19.8 Å². The van der Waals surface area contributed by atoms with Crippen molar-refractivity contribution in [2.24, 2.45) is 0 Å². The number of ether oxygens (including phenoxy) is 1. The van der Waals surface area contributed by atoms with Gasteiger partial charge >= 0.3 is 0 Å². The van der Waals surface area contributed by atoms with Crippen molar-refractivity contribution in [3.8, 4) is 0 Å². The van der Waals surface area contributed by atoms with E-state index in [1.165, 1.54) is 38.5 Å². The second-order valence-electron chi connectivity index (χ2n) is 7.14. The first-order valence-corrected chi connectivity index (χ1v) is 9.17. The minimum absolute atomic E-state index is 0.316. The molecular weight excluding hydrogens is 290 g/mol. The van der Waals surface area contributed by atoms with E-state index >= 15 is 0 Å². The molecule has 0 radical (unpaired) electrons. The molecule has 2 heterocycles. The lowest BCUT2D eigenvalue weighted by molar-refractivity contribution is -0.0296. The summed E-state index contributed by atoms with van der Waals surface area (Å²) in [6.07, 6.45) is 11.5. The van der Waals surface area contributed by atoms with Crippen molar-refractivity contribution in [1.82, 2.24) is 25.0 Å². The topological polar surface area (TPSA) is 55.2 Å². The molecule has 6 nitrogen and oxygen atoms in total. The largest absolute Gasteiger partial charge is 0.379 e. The van der Waals surface area contributed by atoms with Gasteiger partial charge in [-0.25, -0.2) is 4.98 Å². The highest BCUT2D eigenvalue weighted by Gasteiger charge is 2.37. The van der Waals surface area contributed by atoms with Crippen LogP contribution >= 0.6 is 0 Å². The van der Waals surface area contributed by atoms with Gasteiger partial charge in [0.1, 0.15) is 12.7 Å². The maximum Gasteiger partial charge on any atom is 0.137 e. The average molecular weight is 321 g/mol. The van der Waals surface area contributed by atoms with Crippen molar-refractivity contribution in [3.05, 3.63) is 12.7 Å². The van der Waals surface area contributed by atoms with Crippen molar-refractivity contribution in [2.75, 3.05) is 32.8 Å². The van der Waals surface area contributed by atoms with Gasteiger partial charge in [-0.1, -0.05) is 25.7 Å². The third-order valence-electron chi connectivity index (χ3n) is 5.42. The van der Waals surface area contributed by atoms with Gasteiger partial charge in [-0.3, -0.25) is 9.58 Å². The van der Waals surface area contributed by atoms with Gasteiger partial charge in [0.05, 0.1) is 19.8 Å². The number of nitrogens with one attached hydrogen (secondary N) is 1. The molecule has 2 fully saturated rings. The summed E-state index contributed by atoms with van der Waals surface area (Å²) in [5, 5.41) is 8.00. The van der Waals surface area contributed by atoms with Gasteiger partial charge in [0.25, 0.3) is 0 Å². The average Bonchev–Trinajstić information content (AvgIpc) is 2.97.